The van der Waals surface area contributed by atoms with Crippen molar-refractivity contribution in [2.24, 2.45) is 5.73 Å². The Kier molecular flexibility index (Phi) is 4.45. The van der Waals surface area contributed by atoms with Crippen LogP contribution in [-0.2, 0) is 11.3 Å². The van der Waals surface area contributed by atoms with Gasteiger partial charge in [0.05, 0.1) is 22.8 Å². The summed E-state index contributed by atoms with van der Waals surface area (Å²) in [6.45, 7) is -0.218. The second kappa shape index (κ2) is 6.54. The Bertz CT molecular complexity index is 1010. The van der Waals surface area contributed by atoms with Crippen LogP contribution in [0.4, 0.5) is 5.00 Å². The van der Waals surface area contributed by atoms with Crippen molar-refractivity contribution in [2.45, 2.75) is 6.54 Å². The van der Waals surface area contributed by atoms with E-state index in [0.29, 0.717) is 15.9 Å². The van der Waals surface area contributed by atoms with Crippen LogP contribution in [0.1, 0.15) is 10.4 Å². The number of amides is 2. The van der Waals surface area contributed by atoms with Gasteiger partial charge in [-0.2, -0.15) is 0 Å². The third-order valence-electron chi connectivity index (χ3n) is 3.28. The zero-order valence-corrected chi connectivity index (χ0v) is 14.6. The van der Waals surface area contributed by atoms with Gasteiger partial charge in [-0.3, -0.25) is 19.0 Å². The van der Waals surface area contributed by atoms with Crippen LogP contribution in [0.3, 0.4) is 0 Å². The number of benzene rings is 1. The first-order valence-electron chi connectivity index (χ1n) is 6.77. The molecule has 0 saturated carbocycles. The van der Waals surface area contributed by atoms with E-state index in [1.54, 1.807) is 23.6 Å². The number of fused-ring (bicyclic) bond motifs is 1. The number of aromatic nitrogens is 2. The van der Waals surface area contributed by atoms with E-state index in [4.69, 9.17) is 5.73 Å². The van der Waals surface area contributed by atoms with Crippen molar-refractivity contribution in [3.63, 3.8) is 0 Å². The SMILES string of the molecule is NC(=O)c1ccsc1NC(=O)Cn1cnc2ccc(Br)cc2c1=O. The molecule has 3 N–H and O–H groups in total. The van der Waals surface area contributed by atoms with Crippen LogP contribution in [0.25, 0.3) is 10.9 Å². The fourth-order valence-electron chi connectivity index (χ4n) is 2.16. The molecule has 0 saturated heterocycles. The average Bonchev–Trinajstić information content (AvgIpc) is 2.99. The minimum Gasteiger partial charge on any atom is -0.366 e. The summed E-state index contributed by atoms with van der Waals surface area (Å²) in [4.78, 5) is 40.0. The molecule has 7 nitrogen and oxygen atoms in total. The Balaban J connectivity index is 1.85. The van der Waals surface area contributed by atoms with E-state index in [0.717, 1.165) is 4.47 Å². The Morgan fingerprint density at radius 2 is 2.12 bits per heavy atom. The van der Waals surface area contributed by atoms with Gasteiger partial charge >= 0.3 is 0 Å². The highest BCUT2D eigenvalue weighted by atomic mass is 79.9. The zero-order valence-electron chi connectivity index (χ0n) is 12.2. The number of thiophene rings is 1. The van der Waals surface area contributed by atoms with E-state index in [1.165, 1.54) is 28.3 Å². The lowest BCUT2D eigenvalue weighted by Crippen LogP contribution is -2.28. The summed E-state index contributed by atoms with van der Waals surface area (Å²) < 4.78 is 1.96. The molecule has 0 bridgehead atoms. The number of nitrogens with zero attached hydrogens (tertiary/aromatic N) is 2. The Morgan fingerprint density at radius 3 is 2.88 bits per heavy atom. The summed E-state index contributed by atoms with van der Waals surface area (Å²) in [6, 6.07) is 6.69. The number of carbonyl (C=O) groups excluding carboxylic acids is 2. The molecule has 3 aromatic rings. The van der Waals surface area contributed by atoms with Crippen molar-refractivity contribution in [3.8, 4) is 0 Å². The van der Waals surface area contributed by atoms with Crippen LogP contribution < -0.4 is 16.6 Å². The molecule has 9 heteroatoms. The maximum atomic E-state index is 12.4. The van der Waals surface area contributed by atoms with E-state index >= 15 is 0 Å². The number of halogens is 1. The lowest BCUT2D eigenvalue weighted by molar-refractivity contribution is -0.116. The zero-order chi connectivity index (χ0) is 17.3. The Hall–Kier alpha value is -2.52. The summed E-state index contributed by atoms with van der Waals surface area (Å²) in [7, 11) is 0. The molecule has 1 aromatic carbocycles. The molecule has 0 spiro atoms. The molecule has 3 rings (SSSR count). The smallest absolute Gasteiger partial charge is 0.261 e. The molecule has 0 fully saturated rings. The highest BCUT2D eigenvalue weighted by Crippen LogP contribution is 2.22. The Labute approximate surface area is 148 Å². The standard InChI is InChI=1S/C15H11BrN4O3S/c16-8-1-2-11-10(5-8)15(23)20(7-18-11)6-12(21)19-14-9(13(17)22)3-4-24-14/h1-5,7H,6H2,(H2,17,22)(H,19,21). The predicted molar refractivity (Wildman–Crippen MR) is 95.2 cm³/mol. The number of hydrogen-bond acceptors (Lipinski definition) is 5. The minimum atomic E-state index is -0.624. The summed E-state index contributed by atoms with van der Waals surface area (Å²) in [5, 5.41) is 5.01. The number of nitrogens with one attached hydrogen (secondary N) is 1. The second-order valence-corrected chi connectivity index (χ2v) is 6.75. The number of primary amides is 1. The number of rotatable bonds is 4. The lowest BCUT2D eigenvalue weighted by atomic mass is 10.2. The third kappa shape index (κ3) is 3.22. The van der Waals surface area contributed by atoms with E-state index < -0.39 is 11.8 Å². The van der Waals surface area contributed by atoms with Crippen molar-refractivity contribution in [3.05, 3.63) is 56.4 Å². The topological polar surface area (TPSA) is 107 Å². The van der Waals surface area contributed by atoms with Gasteiger partial charge in [-0.25, -0.2) is 4.98 Å². The molecular weight excluding hydrogens is 396 g/mol. The average molecular weight is 407 g/mol. The highest BCUT2D eigenvalue weighted by Gasteiger charge is 2.14. The summed E-state index contributed by atoms with van der Waals surface area (Å²) in [5.41, 5.74) is 5.70. The monoisotopic (exact) mass is 406 g/mol. The van der Waals surface area contributed by atoms with E-state index in [2.05, 4.69) is 26.2 Å². The van der Waals surface area contributed by atoms with Crippen LogP contribution in [0, 0.1) is 0 Å². The largest absolute Gasteiger partial charge is 0.366 e. The first-order valence-corrected chi connectivity index (χ1v) is 8.45. The van der Waals surface area contributed by atoms with Gasteiger partial charge in [0, 0.05) is 4.47 Å². The molecule has 0 aliphatic rings. The molecule has 24 heavy (non-hydrogen) atoms. The van der Waals surface area contributed by atoms with Crippen molar-refractivity contribution < 1.29 is 9.59 Å². The molecule has 0 radical (unpaired) electrons. The van der Waals surface area contributed by atoms with Crippen LogP contribution in [-0.4, -0.2) is 21.4 Å². The molecule has 0 unspecified atom stereocenters. The van der Waals surface area contributed by atoms with Crippen LogP contribution >= 0.6 is 27.3 Å². The highest BCUT2D eigenvalue weighted by molar-refractivity contribution is 9.10. The number of nitrogens with two attached hydrogens (primary N) is 1. The summed E-state index contributed by atoms with van der Waals surface area (Å²) >= 11 is 4.49. The van der Waals surface area contributed by atoms with Crippen molar-refractivity contribution in [2.75, 3.05) is 5.32 Å². The predicted octanol–water partition coefficient (Wildman–Crippen LogP) is 1.96. The molecule has 2 aromatic heterocycles. The van der Waals surface area contributed by atoms with E-state index in [-0.39, 0.29) is 17.7 Å². The van der Waals surface area contributed by atoms with Crippen LogP contribution in [0.2, 0.25) is 0 Å². The van der Waals surface area contributed by atoms with Gasteiger partial charge in [-0.05, 0) is 29.6 Å². The van der Waals surface area contributed by atoms with Gasteiger partial charge in [0.25, 0.3) is 11.5 Å². The molecule has 0 aliphatic carbocycles. The van der Waals surface area contributed by atoms with Gasteiger partial charge < -0.3 is 11.1 Å². The normalized spacial score (nSPS) is 10.7. The first-order chi connectivity index (χ1) is 11.5. The van der Waals surface area contributed by atoms with Crippen LogP contribution in [0.15, 0.2) is 45.2 Å². The number of anilines is 1. The van der Waals surface area contributed by atoms with Crippen molar-refractivity contribution >= 4 is 55.0 Å². The molecule has 0 aliphatic heterocycles. The molecule has 2 heterocycles. The Morgan fingerprint density at radius 1 is 1.33 bits per heavy atom. The van der Waals surface area contributed by atoms with Gasteiger partial charge in [0.15, 0.2) is 0 Å². The quantitative estimate of drug-likeness (QED) is 0.690. The maximum Gasteiger partial charge on any atom is 0.261 e. The molecule has 2 amide bonds. The molecule has 122 valence electrons. The summed E-state index contributed by atoms with van der Waals surface area (Å²) in [6.07, 6.45) is 1.32. The van der Waals surface area contributed by atoms with E-state index in [9.17, 15) is 14.4 Å². The van der Waals surface area contributed by atoms with Gasteiger partial charge in [-0.1, -0.05) is 15.9 Å². The van der Waals surface area contributed by atoms with E-state index in [1.807, 2.05) is 0 Å². The first kappa shape index (κ1) is 16.3. The fraction of sp³-hybridized carbons (Fsp3) is 0.0667. The second-order valence-electron chi connectivity index (χ2n) is 4.91. The van der Waals surface area contributed by atoms with Crippen molar-refractivity contribution in [1.82, 2.24) is 9.55 Å². The minimum absolute atomic E-state index is 0.218. The lowest BCUT2D eigenvalue weighted by Gasteiger charge is -2.08. The number of hydrogen-bond donors (Lipinski definition) is 2. The van der Waals surface area contributed by atoms with Crippen molar-refractivity contribution in [1.29, 1.82) is 0 Å². The van der Waals surface area contributed by atoms with Crippen LogP contribution in [0.5, 0.6) is 0 Å². The third-order valence-corrected chi connectivity index (χ3v) is 4.61. The van der Waals surface area contributed by atoms with Gasteiger partial charge in [-0.15, -0.1) is 11.3 Å². The fourth-order valence-corrected chi connectivity index (χ4v) is 3.33. The van der Waals surface area contributed by atoms with Gasteiger partial charge in [0.2, 0.25) is 5.91 Å². The number of carbonyl (C=O) groups is 2. The molecule has 0 atom stereocenters. The molecular formula is C15H11BrN4O3S. The van der Waals surface area contributed by atoms with Gasteiger partial charge in [0.1, 0.15) is 11.5 Å². The maximum absolute atomic E-state index is 12.4. The summed E-state index contributed by atoms with van der Waals surface area (Å²) in [5.74, 6) is -1.07.